The predicted octanol–water partition coefficient (Wildman–Crippen LogP) is 4.61. The van der Waals surface area contributed by atoms with Crippen molar-refractivity contribution in [1.82, 2.24) is 0 Å². The van der Waals surface area contributed by atoms with Gasteiger partial charge in [-0.05, 0) is 12.5 Å². The van der Waals surface area contributed by atoms with Crippen LogP contribution in [0.1, 0.15) is 6.92 Å². The fourth-order valence-electron chi connectivity index (χ4n) is 1.55. The number of rotatable bonds is 4. The van der Waals surface area contributed by atoms with Gasteiger partial charge in [0.2, 0.25) is 0 Å². The molecule has 1 atom stereocenters. The Morgan fingerprint density at radius 2 is 1.46 bits per heavy atom. The van der Waals surface area contributed by atoms with Gasteiger partial charge >= 0.3 is 0 Å². The molecule has 0 saturated carbocycles. The van der Waals surface area contributed by atoms with Gasteiger partial charge in [0.1, 0.15) is 0 Å². The van der Waals surface area contributed by atoms with Crippen LogP contribution in [0.3, 0.4) is 0 Å². The second-order valence-corrected chi connectivity index (χ2v) is 17.3. The van der Waals surface area contributed by atoms with Crippen molar-refractivity contribution in [1.29, 1.82) is 0 Å². The SMILES string of the molecule is C/C=C/C(C[Si](C)(C)C)[Si](C)(C)C. The lowest BCUT2D eigenvalue weighted by Gasteiger charge is -2.31. The highest BCUT2D eigenvalue weighted by Crippen LogP contribution is 2.32. The topological polar surface area (TPSA) is 0 Å². The number of hydrogen-bond acceptors (Lipinski definition) is 0. The molecule has 78 valence electrons. The van der Waals surface area contributed by atoms with E-state index in [1.54, 1.807) is 0 Å². The zero-order chi connectivity index (χ0) is 10.7. The standard InChI is InChI=1S/C11H26Si2/c1-8-9-11(13(5,6)7)10-12(2,3)4/h8-9,11H,10H2,1-7H3/b9-8+. The Balaban J connectivity index is 4.46. The van der Waals surface area contributed by atoms with Crippen LogP contribution >= 0.6 is 0 Å². The van der Waals surface area contributed by atoms with Gasteiger partial charge < -0.3 is 0 Å². The van der Waals surface area contributed by atoms with Gasteiger partial charge in [-0.2, -0.15) is 0 Å². The fourth-order valence-corrected chi connectivity index (χ4v) is 8.07. The third kappa shape index (κ3) is 6.27. The molecule has 13 heavy (non-hydrogen) atoms. The van der Waals surface area contributed by atoms with Crippen LogP contribution in [0.4, 0.5) is 0 Å². The highest BCUT2D eigenvalue weighted by molar-refractivity contribution is 6.82. The highest BCUT2D eigenvalue weighted by atomic mass is 28.3. The van der Waals surface area contributed by atoms with E-state index in [0.717, 1.165) is 5.54 Å². The number of allylic oxidation sites excluding steroid dienone is 2. The summed E-state index contributed by atoms with van der Waals surface area (Å²) in [5, 5.41) is 0. The van der Waals surface area contributed by atoms with Crippen LogP contribution < -0.4 is 0 Å². The van der Waals surface area contributed by atoms with Crippen molar-refractivity contribution >= 4 is 16.1 Å². The Morgan fingerprint density at radius 3 is 1.69 bits per heavy atom. The summed E-state index contributed by atoms with van der Waals surface area (Å²) in [4.78, 5) is 0. The van der Waals surface area contributed by atoms with Gasteiger partial charge in [0.25, 0.3) is 0 Å². The summed E-state index contributed by atoms with van der Waals surface area (Å²) < 4.78 is 0. The molecule has 1 unspecified atom stereocenters. The van der Waals surface area contributed by atoms with Crippen molar-refractivity contribution in [3.63, 3.8) is 0 Å². The Kier molecular flexibility index (Phi) is 4.66. The summed E-state index contributed by atoms with van der Waals surface area (Å²) in [6, 6.07) is 1.47. The summed E-state index contributed by atoms with van der Waals surface area (Å²) in [6.07, 6.45) is 4.69. The van der Waals surface area contributed by atoms with Crippen LogP contribution in [0.15, 0.2) is 12.2 Å². The van der Waals surface area contributed by atoms with Crippen molar-refractivity contribution in [2.24, 2.45) is 0 Å². The third-order valence-corrected chi connectivity index (χ3v) is 7.06. The molecule has 0 nitrogen and oxygen atoms in total. The van der Waals surface area contributed by atoms with E-state index in [4.69, 9.17) is 0 Å². The maximum Gasteiger partial charge on any atom is 0.0510 e. The minimum atomic E-state index is -0.969. The summed E-state index contributed by atoms with van der Waals surface area (Å²) in [6.45, 7) is 17.0. The van der Waals surface area contributed by atoms with E-state index < -0.39 is 16.1 Å². The van der Waals surface area contributed by atoms with E-state index in [-0.39, 0.29) is 0 Å². The zero-order valence-electron chi connectivity index (χ0n) is 10.4. The van der Waals surface area contributed by atoms with Crippen LogP contribution in [-0.2, 0) is 0 Å². The molecule has 0 spiro atoms. The molecule has 0 aromatic heterocycles. The molecule has 2 heteroatoms. The lowest BCUT2D eigenvalue weighted by molar-refractivity contribution is 1.08. The van der Waals surface area contributed by atoms with Gasteiger partial charge in [-0.15, -0.1) is 0 Å². The van der Waals surface area contributed by atoms with Gasteiger partial charge in [0, 0.05) is 8.07 Å². The molecule has 0 rings (SSSR count). The van der Waals surface area contributed by atoms with E-state index in [2.05, 4.69) is 58.4 Å². The minimum Gasteiger partial charge on any atom is -0.0917 e. The Hall–Kier alpha value is 0.174. The van der Waals surface area contributed by atoms with Gasteiger partial charge in [0.05, 0.1) is 8.07 Å². The fraction of sp³-hybridized carbons (Fsp3) is 0.818. The molecular weight excluding hydrogens is 188 g/mol. The van der Waals surface area contributed by atoms with Crippen molar-refractivity contribution in [3.05, 3.63) is 12.2 Å². The summed E-state index contributed by atoms with van der Waals surface area (Å²) in [5.74, 6) is 0. The predicted molar refractivity (Wildman–Crippen MR) is 70.1 cm³/mol. The van der Waals surface area contributed by atoms with Gasteiger partial charge in [-0.1, -0.05) is 57.5 Å². The molecule has 0 aromatic rings. The van der Waals surface area contributed by atoms with Gasteiger partial charge in [0.15, 0.2) is 0 Å². The molecule has 0 radical (unpaired) electrons. The first-order valence-electron chi connectivity index (χ1n) is 5.29. The van der Waals surface area contributed by atoms with E-state index in [1.807, 2.05) is 0 Å². The van der Waals surface area contributed by atoms with E-state index in [1.165, 1.54) is 6.04 Å². The van der Waals surface area contributed by atoms with Crippen LogP contribution in [0.2, 0.25) is 50.9 Å². The number of hydrogen-bond donors (Lipinski definition) is 0. The largest absolute Gasteiger partial charge is 0.0917 e. The summed E-state index contributed by atoms with van der Waals surface area (Å²) in [7, 11) is -1.85. The Morgan fingerprint density at radius 1 is 1.00 bits per heavy atom. The summed E-state index contributed by atoms with van der Waals surface area (Å²) >= 11 is 0. The van der Waals surface area contributed by atoms with E-state index >= 15 is 0 Å². The Labute approximate surface area is 86.5 Å². The highest BCUT2D eigenvalue weighted by Gasteiger charge is 2.28. The first-order chi connectivity index (χ1) is 5.67. The first kappa shape index (κ1) is 13.2. The average molecular weight is 215 g/mol. The van der Waals surface area contributed by atoms with Crippen molar-refractivity contribution in [2.75, 3.05) is 0 Å². The van der Waals surface area contributed by atoms with E-state index in [0.29, 0.717) is 0 Å². The monoisotopic (exact) mass is 214 g/mol. The van der Waals surface area contributed by atoms with Crippen LogP contribution in [0, 0.1) is 0 Å². The molecule has 0 N–H and O–H groups in total. The summed E-state index contributed by atoms with van der Waals surface area (Å²) in [5.41, 5.74) is 0.893. The van der Waals surface area contributed by atoms with Gasteiger partial charge in [-0.3, -0.25) is 0 Å². The van der Waals surface area contributed by atoms with Crippen LogP contribution in [0.25, 0.3) is 0 Å². The molecule has 0 aliphatic heterocycles. The van der Waals surface area contributed by atoms with Crippen LogP contribution in [0.5, 0.6) is 0 Å². The van der Waals surface area contributed by atoms with Crippen molar-refractivity contribution in [2.45, 2.75) is 57.8 Å². The molecule has 0 bridgehead atoms. The van der Waals surface area contributed by atoms with E-state index in [9.17, 15) is 0 Å². The Bertz CT molecular complexity index is 170. The average Bonchev–Trinajstić information content (AvgIpc) is 1.81. The lowest BCUT2D eigenvalue weighted by Crippen LogP contribution is -2.33. The molecule has 0 saturated heterocycles. The quantitative estimate of drug-likeness (QED) is 0.474. The molecule has 0 aromatic carbocycles. The molecule has 0 aliphatic carbocycles. The lowest BCUT2D eigenvalue weighted by atomic mass is 10.4. The molecule has 0 fully saturated rings. The molecule has 0 aliphatic rings. The molecule has 0 amide bonds. The van der Waals surface area contributed by atoms with Crippen molar-refractivity contribution in [3.8, 4) is 0 Å². The smallest absolute Gasteiger partial charge is 0.0510 e. The second kappa shape index (κ2) is 4.60. The zero-order valence-corrected chi connectivity index (χ0v) is 12.4. The molecule has 0 heterocycles. The maximum absolute atomic E-state index is 2.48. The normalized spacial score (nSPS) is 16.5. The van der Waals surface area contributed by atoms with Crippen molar-refractivity contribution < 1.29 is 0 Å². The molecular formula is C11H26Si2. The third-order valence-electron chi connectivity index (χ3n) is 2.37. The minimum absolute atomic E-state index is 0.884. The first-order valence-corrected chi connectivity index (χ1v) is 12.6. The maximum atomic E-state index is 2.48. The van der Waals surface area contributed by atoms with Gasteiger partial charge in [-0.25, -0.2) is 0 Å². The second-order valence-electron chi connectivity index (χ2n) is 6.26. The van der Waals surface area contributed by atoms with Crippen LogP contribution in [-0.4, -0.2) is 16.1 Å².